The van der Waals surface area contributed by atoms with Crippen LogP contribution in [0.4, 0.5) is 14.5 Å². The van der Waals surface area contributed by atoms with Crippen molar-refractivity contribution in [3.05, 3.63) is 47.5 Å². The van der Waals surface area contributed by atoms with Crippen LogP contribution in [0.2, 0.25) is 0 Å². The Balaban J connectivity index is 1.65. The van der Waals surface area contributed by atoms with Gasteiger partial charge in [0.05, 0.1) is 27.0 Å². The first-order chi connectivity index (χ1) is 15.0. The second kappa shape index (κ2) is 10.2. The lowest BCUT2D eigenvalue weighted by atomic mass is 10.1. The summed E-state index contributed by atoms with van der Waals surface area (Å²) in [4.78, 5) is 8.30. The van der Waals surface area contributed by atoms with Crippen LogP contribution in [-0.2, 0) is 6.54 Å². The average Bonchev–Trinajstić information content (AvgIpc) is 2.80. The molecule has 0 radical (unpaired) electrons. The van der Waals surface area contributed by atoms with Crippen LogP contribution < -0.4 is 24.4 Å². The highest BCUT2D eigenvalue weighted by Crippen LogP contribution is 2.39. The van der Waals surface area contributed by atoms with Gasteiger partial charge in [0.15, 0.2) is 17.5 Å². The van der Waals surface area contributed by atoms with Crippen molar-refractivity contribution in [3.8, 4) is 17.2 Å². The summed E-state index contributed by atoms with van der Waals surface area (Å²) in [7, 11) is 6.44. The fourth-order valence-electron chi connectivity index (χ4n) is 3.70. The number of piperazine rings is 1. The second-order valence-corrected chi connectivity index (χ2v) is 6.96. The van der Waals surface area contributed by atoms with E-state index in [-0.39, 0.29) is 5.69 Å². The third-order valence-corrected chi connectivity index (χ3v) is 5.26. The molecule has 1 aliphatic heterocycles. The molecular weight excluding hydrogens is 406 g/mol. The van der Waals surface area contributed by atoms with Crippen molar-refractivity contribution in [3.63, 3.8) is 0 Å². The van der Waals surface area contributed by atoms with E-state index in [0.717, 1.165) is 23.7 Å². The van der Waals surface area contributed by atoms with Crippen molar-refractivity contribution in [1.82, 2.24) is 10.2 Å². The number of halogens is 2. The molecule has 0 saturated carbocycles. The fourth-order valence-corrected chi connectivity index (χ4v) is 3.70. The molecule has 1 saturated heterocycles. The molecule has 0 aromatic heterocycles. The van der Waals surface area contributed by atoms with E-state index in [2.05, 4.69) is 15.2 Å². The summed E-state index contributed by atoms with van der Waals surface area (Å²) in [5.74, 6) is 1.57. The second-order valence-electron chi connectivity index (χ2n) is 6.96. The van der Waals surface area contributed by atoms with Gasteiger partial charge in [-0.25, -0.2) is 8.78 Å². The quantitative estimate of drug-likeness (QED) is 0.557. The molecule has 1 fully saturated rings. The molecule has 0 amide bonds. The molecule has 1 heterocycles. The van der Waals surface area contributed by atoms with Crippen LogP contribution >= 0.6 is 0 Å². The number of rotatable bonds is 6. The molecule has 9 heteroatoms. The third-order valence-electron chi connectivity index (χ3n) is 5.26. The molecule has 0 unspecified atom stereocenters. The highest BCUT2D eigenvalue weighted by Gasteiger charge is 2.23. The van der Waals surface area contributed by atoms with E-state index in [0.29, 0.717) is 50.0 Å². The first-order valence-corrected chi connectivity index (χ1v) is 9.95. The summed E-state index contributed by atoms with van der Waals surface area (Å²) >= 11 is 0. The summed E-state index contributed by atoms with van der Waals surface area (Å²) in [6.45, 7) is 2.83. The predicted molar refractivity (Wildman–Crippen MR) is 116 cm³/mol. The van der Waals surface area contributed by atoms with Gasteiger partial charge in [-0.05, 0) is 24.3 Å². The molecule has 3 rings (SSSR count). The first kappa shape index (κ1) is 22.5. The van der Waals surface area contributed by atoms with Crippen LogP contribution in [0.25, 0.3) is 0 Å². The zero-order chi connectivity index (χ0) is 22.4. The van der Waals surface area contributed by atoms with Crippen molar-refractivity contribution in [1.29, 1.82) is 0 Å². The van der Waals surface area contributed by atoms with Crippen LogP contribution in [0.15, 0.2) is 35.3 Å². The van der Waals surface area contributed by atoms with E-state index < -0.39 is 11.6 Å². The third kappa shape index (κ3) is 4.92. The minimum atomic E-state index is -0.444. The molecule has 168 valence electrons. The van der Waals surface area contributed by atoms with Crippen LogP contribution in [0.3, 0.4) is 0 Å². The number of anilines is 1. The van der Waals surface area contributed by atoms with Crippen LogP contribution in [-0.4, -0.2) is 65.4 Å². The van der Waals surface area contributed by atoms with E-state index in [4.69, 9.17) is 14.2 Å². The van der Waals surface area contributed by atoms with Gasteiger partial charge in [0.25, 0.3) is 0 Å². The Bertz CT molecular complexity index is 931. The number of nitrogens with zero attached hydrogens (tertiary/aromatic N) is 3. The molecule has 2 aromatic rings. The molecule has 0 aliphatic carbocycles. The van der Waals surface area contributed by atoms with Gasteiger partial charge in [0.2, 0.25) is 5.75 Å². The smallest absolute Gasteiger partial charge is 0.203 e. The van der Waals surface area contributed by atoms with E-state index in [1.165, 1.54) is 6.07 Å². The maximum Gasteiger partial charge on any atom is 0.203 e. The Hall–Kier alpha value is -3.23. The van der Waals surface area contributed by atoms with Gasteiger partial charge in [0.1, 0.15) is 11.6 Å². The van der Waals surface area contributed by atoms with Gasteiger partial charge >= 0.3 is 0 Å². The highest BCUT2D eigenvalue weighted by atomic mass is 19.1. The molecule has 31 heavy (non-hydrogen) atoms. The summed E-state index contributed by atoms with van der Waals surface area (Å²) < 4.78 is 43.9. The number of hydrogen-bond donors (Lipinski definition) is 1. The average molecular weight is 434 g/mol. The zero-order valence-corrected chi connectivity index (χ0v) is 18.2. The van der Waals surface area contributed by atoms with Crippen LogP contribution in [0, 0.1) is 11.6 Å². The number of guanidine groups is 1. The molecule has 0 bridgehead atoms. The Kier molecular flexibility index (Phi) is 7.38. The molecule has 2 aromatic carbocycles. The fraction of sp³-hybridized carbons (Fsp3) is 0.409. The van der Waals surface area contributed by atoms with Crippen LogP contribution in [0.1, 0.15) is 5.56 Å². The monoisotopic (exact) mass is 434 g/mol. The number of aliphatic imine (C=N–C) groups is 1. The normalized spacial score (nSPS) is 14.5. The molecule has 1 N–H and O–H groups in total. The van der Waals surface area contributed by atoms with E-state index in [1.54, 1.807) is 28.4 Å². The summed E-state index contributed by atoms with van der Waals surface area (Å²) in [5.41, 5.74) is 1.18. The van der Waals surface area contributed by atoms with Gasteiger partial charge in [0, 0.05) is 51.4 Å². The Labute approximate surface area is 181 Å². The van der Waals surface area contributed by atoms with Gasteiger partial charge in [-0.1, -0.05) is 0 Å². The van der Waals surface area contributed by atoms with E-state index in [9.17, 15) is 8.78 Å². The topological polar surface area (TPSA) is 58.6 Å². The van der Waals surface area contributed by atoms with Crippen molar-refractivity contribution in [2.24, 2.45) is 4.99 Å². The highest BCUT2D eigenvalue weighted by molar-refractivity contribution is 5.80. The van der Waals surface area contributed by atoms with Gasteiger partial charge in [-0.3, -0.25) is 4.99 Å². The largest absolute Gasteiger partial charge is 0.493 e. The minimum Gasteiger partial charge on any atom is -0.493 e. The van der Waals surface area contributed by atoms with Crippen molar-refractivity contribution < 1.29 is 23.0 Å². The molecule has 7 nitrogen and oxygen atoms in total. The van der Waals surface area contributed by atoms with Gasteiger partial charge in [-0.2, -0.15) is 0 Å². The summed E-state index contributed by atoms with van der Waals surface area (Å²) in [6, 6.07) is 7.26. The summed E-state index contributed by atoms with van der Waals surface area (Å²) in [5, 5.41) is 3.34. The lowest BCUT2D eigenvalue weighted by Gasteiger charge is -2.37. The van der Waals surface area contributed by atoms with E-state index in [1.807, 2.05) is 17.0 Å². The van der Waals surface area contributed by atoms with E-state index >= 15 is 0 Å². The summed E-state index contributed by atoms with van der Waals surface area (Å²) in [6.07, 6.45) is 0. The maximum absolute atomic E-state index is 14.1. The number of benzene rings is 2. The molecule has 1 aliphatic rings. The number of ether oxygens (including phenoxy) is 3. The zero-order valence-electron chi connectivity index (χ0n) is 18.2. The predicted octanol–water partition coefficient (Wildman–Crippen LogP) is 2.89. The van der Waals surface area contributed by atoms with Gasteiger partial charge < -0.3 is 29.3 Å². The Morgan fingerprint density at radius 1 is 0.968 bits per heavy atom. The van der Waals surface area contributed by atoms with Crippen molar-refractivity contribution in [2.45, 2.75) is 6.54 Å². The number of hydrogen-bond acceptors (Lipinski definition) is 5. The lowest BCUT2D eigenvalue weighted by molar-refractivity contribution is 0.321. The van der Waals surface area contributed by atoms with Crippen LogP contribution in [0.5, 0.6) is 17.2 Å². The minimum absolute atomic E-state index is 0.290. The van der Waals surface area contributed by atoms with Crippen molar-refractivity contribution >= 4 is 11.6 Å². The standard InChI is InChI=1S/C22H28F2N4O3/c1-25-22(26-14-15-5-8-19(29-2)21(31-4)20(15)30-3)28-11-9-27(10-12-28)18-13-16(23)6-7-17(18)24/h5-8,13H,9-12,14H2,1-4H3,(H,25,26). The number of methoxy groups -OCH3 is 3. The molecule has 0 spiro atoms. The Morgan fingerprint density at radius 2 is 1.68 bits per heavy atom. The molecule has 0 atom stereocenters. The number of nitrogens with one attached hydrogen (secondary N) is 1. The SMILES string of the molecule is CN=C(NCc1ccc(OC)c(OC)c1OC)N1CCN(c2cc(F)ccc2F)CC1. The van der Waals surface area contributed by atoms with Crippen molar-refractivity contribution in [2.75, 3.05) is 59.5 Å². The maximum atomic E-state index is 14.1. The molecular formula is C22H28F2N4O3. The lowest BCUT2D eigenvalue weighted by Crippen LogP contribution is -2.52. The Morgan fingerprint density at radius 3 is 2.29 bits per heavy atom. The first-order valence-electron chi connectivity index (χ1n) is 9.95. The van der Waals surface area contributed by atoms with Gasteiger partial charge in [-0.15, -0.1) is 0 Å².